The van der Waals surface area contributed by atoms with Gasteiger partial charge < -0.3 is 10.0 Å². The van der Waals surface area contributed by atoms with Crippen molar-refractivity contribution in [1.29, 1.82) is 0 Å². The van der Waals surface area contributed by atoms with Crippen molar-refractivity contribution in [3.8, 4) is 11.3 Å². The molecule has 2 unspecified atom stereocenters. The van der Waals surface area contributed by atoms with E-state index in [1.54, 1.807) is 11.1 Å². The molecule has 4 heterocycles. The number of amides is 1. The molecule has 5 rings (SSSR count). The summed E-state index contributed by atoms with van der Waals surface area (Å²) in [6, 6.07) is 11.3. The van der Waals surface area contributed by atoms with Crippen molar-refractivity contribution < 1.29 is 9.90 Å². The molecule has 2 aliphatic heterocycles. The molecule has 2 fully saturated rings. The minimum Gasteiger partial charge on any atom is -0.465 e. The third kappa shape index (κ3) is 3.67. The first-order valence-electron chi connectivity index (χ1n) is 11.2. The molecule has 1 N–H and O–H groups in total. The molecule has 0 radical (unpaired) electrons. The number of hydrogen-bond donors (Lipinski definition) is 1. The van der Waals surface area contributed by atoms with E-state index in [2.05, 4.69) is 52.4 Å². The Balaban J connectivity index is 1.52. The van der Waals surface area contributed by atoms with Crippen molar-refractivity contribution in [2.75, 3.05) is 13.1 Å². The number of nitrogens with zero attached hydrogens (tertiary/aromatic N) is 5. The molecule has 1 aromatic carbocycles. The maximum Gasteiger partial charge on any atom is 0.407 e. The second-order valence-corrected chi connectivity index (χ2v) is 9.05. The number of rotatable bonds is 4. The Morgan fingerprint density at radius 3 is 2.68 bits per heavy atom. The van der Waals surface area contributed by atoms with Crippen LogP contribution in [0.15, 0.2) is 42.7 Å². The van der Waals surface area contributed by atoms with Crippen molar-refractivity contribution >= 4 is 11.9 Å². The average Bonchev–Trinajstić information content (AvgIpc) is 3.25. The monoisotopic (exact) mass is 419 g/mol. The number of carboxylic acid groups (broad SMARTS) is 1. The van der Waals surface area contributed by atoms with Gasteiger partial charge in [-0.05, 0) is 36.8 Å². The van der Waals surface area contributed by atoms with Crippen LogP contribution in [0.1, 0.15) is 50.3 Å². The fourth-order valence-corrected chi connectivity index (χ4v) is 5.12. The lowest BCUT2D eigenvalue weighted by Gasteiger charge is -2.28. The Hall–Kier alpha value is -2.93. The summed E-state index contributed by atoms with van der Waals surface area (Å²) in [5.74, 6) is 1.19. The Bertz CT molecular complexity index is 1090. The number of imidazole rings is 1. The van der Waals surface area contributed by atoms with E-state index in [1.165, 1.54) is 5.56 Å². The molecule has 2 bridgehead atoms. The highest BCUT2D eigenvalue weighted by Crippen LogP contribution is 2.34. The Morgan fingerprint density at radius 2 is 1.94 bits per heavy atom. The van der Waals surface area contributed by atoms with Crippen LogP contribution in [0, 0.1) is 0 Å². The molecule has 0 saturated carbocycles. The SMILES string of the molecule is CC(C)c1ccc(-c2nc3ncccn3c2CN2C3CCC2CN(C(=O)O)CC3)cc1. The lowest BCUT2D eigenvalue weighted by molar-refractivity contribution is 0.135. The van der Waals surface area contributed by atoms with E-state index in [0.29, 0.717) is 30.8 Å². The van der Waals surface area contributed by atoms with Crippen LogP contribution < -0.4 is 0 Å². The quantitative estimate of drug-likeness (QED) is 0.685. The Morgan fingerprint density at radius 1 is 1.16 bits per heavy atom. The summed E-state index contributed by atoms with van der Waals surface area (Å²) in [5, 5.41) is 9.51. The minimum absolute atomic E-state index is 0.252. The van der Waals surface area contributed by atoms with Crippen LogP contribution in [-0.4, -0.2) is 60.5 Å². The first-order chi connectivity index (χ1) is 15.0. The topological polar surface area (TPSA) is 74.0 Å². The summed E-state index contributed by atoms with van der Waals surface area (Å²) in [5.41, 5.74) is 4.50. The second-order valence-electron chi connectivity index (χ2n) is 9.05. The summed E-state index contributed by atoms with van der Waals surface area (Å²) in [7, 11) is 0. The molecule has 2 atom stereocenters. The van der Waals surface area contributed by atoms with Crippen molar-refractivity contribution in [1.82, 2.24) is 24.2 Å². The van der Waals surface area contributed by atoms with Crippen molar-refractivity contribution in [3.63, 3.8) is 0 Å². The average molecular weight is 420 g/mol. The molecule has 1 amide bonds. The molecule has 2 saturated heterocycles. The number of likely N-dealkylation sites (tertiary alicyclic amines) is 1. The van der Waals surface area contributed by atoms with Crippen LogP contribution in [0.5, 0.6) is 0 Å². The number of aromatic nitrogens is 3. The summed E-state index contributed by atoms with van der Waals surface area (Å²) in [4.78, 5) is 25.0. The van der Waals surface area contributed by atoms with Crippen LogP contribution >= 0.6 is 0 Å². The van der Waals surface area contributed by atoms with Gasteiger partial charge in [-0.3, -0.25) is 9.30 Å². The van der Waals surface area contributed by atoms with Gasteiger partial charge in [-0.25, -0.2) is 14.8 Å². The number of fused-ring (bicyclic) bond motifs is 3. The van der Waals surface area contributed by atoms with Gasteiger partial charge in [-0.2, -0.15) is 0 Å². The molecule has 2 aromatic heterocycles. The van der Waals surface area contributed by atoms with Crippen molar-refractivity contribution in [2.24, 2.45) is 0 Å². The molecular formula is C24H29N5O2. The Labute approximate surface area is 182 Å². The first kappa shape index (κ1) is 20.0. The minimum atomic E-state index is -0.808. The first-order valence-corrected chi connectivity index (χ1v) is 11.2. The van der Waals surface area contributed by atoms with E-state index in [1.807, 2.05) is 12.3 Å². The standard InChI is InChI=1S/C24H29N5O2/c1-16(2)17-4-6-18(7-5-17)22-21(28-12-3-11-25-23(28)26-22)15-29-19-8-9-20(29)14-27(13-10-19)24(30)31/h3-7,11-12,16,19-20H,8-10,13-15H2,1-2H3,(H,30,31). The van der Waals surface area contributed by atoms with Crippen molar-refractivity contribution in [2.45, 2.75) is 57.7 Å². The van der Waals surface area contributed by atoms with Gasteiger partial charge in [0.1, 0.15) is 0 Å². The zero-order valence-electron chi connectivity index (χ0n) is 18.1. The van der Waals surface area contributed by atoms with Gasteiger partial charge in [-0.15, -0.1) is 0 Å². The third-order valence-electron chi connectivity index (χ3n) is 6.89. The van der Waals surface area contributed by atoms with Gasteiger partial charge in [0, 0.05) is 49.7 Å². The van der Waals surface area contributed by atoms with E-state index in [4.69, 9.17) is 4.98 Å². The van der Waals surface area contributed by atoms with Crippen LogP contribution in [-0.2, 0) is 6.54 Å². The smallest absolute Gasteiger partial charge is 0.407 e. The highest BCUT2D eigenvalue weighted by molar-refractivity contribution is 5.66. The van der Waals surface area contributed by atoms with E-state index in [-0.39, 0.29) is 6.04 Å². The van der Waals surface area contributed by atoms with E-state index < -0.39 is 6.09 Å². The zero-order chi connectivity index (χ0) is 21.5. The Kier molecular flexibility index (Phi) is 5.14. The van der Waals surface area contributed by atoms with Crippen molar-refractivity contribution in [3.05, 3.63) is 54.0 Å². The van der Waals surface area contributed by atoms with E-state index in [9.17, 15) is 9.90 Å². The maximum atomic E-state index is 11.6. The molecular weight excluding hydrogens is 390 g/mol. The fourth-order valence-electron chi connectivity index (χ4n) is 5.12. The van der Waals surface area contributed by atoms with Gasteiger partial charge >= 0.3 is 6.09 Å². The lowest BCUT2D eigenvalue weighted by atomic mass is 10.0. The van der Waals surface area contributed by atoms with Crippen LogP contribution in [0.25, 0.3) is 17.0 Å². The third-order valence-corrected chi connectivity index (χ3v) is 6.89. The predicted molar refractivity (Wildman–Crippen MR) is 119 cm³/mol. The molecule has 7 heteroatoms. The molecule has 2 aliphatic rings. The highest BCUT2D eigenvalue weighted by Gasteiger charge is 2.39. The van der Waals surface area contributed by atoms with E-state index >= 15 is 0 Å². The van der Waals surface area contributed by atoms with Gasteiger partial charge in [0.05, 0.1) is 11.4 Å². The molecule has 0 aliphatic carbocycles. The van der Waals surface area contributed by atoms with Crippen LogP contribution in [0.2, 0.25) is 0 Å². The lowest BCUT2D eigenvalue weighted by Crippen LogP contribution is -2.40. The van der Waals surface area contributed by atoms with Gasteiger partial charge in [0.2, 0.25) is 5.78 Å². The van der Waals surface area contributed by atoms with Gasteiger partial charge in [0.25, 0.3) is 0 Å². The summed E-state index contributed by atoms with van der Waals surface area (Å²) in [6.45, 7) is 6.34. The molecule has 3 aromatic rings. The normalized spacial score (nSPS) is 21.7. The largest absolute Gasteiger partial charge is 0.465 e. The molecule has 31 heavy (non-hydrogen) atoms. The fraction of sp³-hybridized carbons (Fsp3) is 0.458. The van der Waals surface area contributed by atoms with Crippen LogP contribution in [0.3, 0.4) is 0 Å². The summed E-state index contributed by atoms with van der Waals surface area (Å²) < 4.78 is 2.09. The molecule has 7 nitrogen and oxygen atoms in total. The maximum absolute atomic E-state index is 11.6. The molecule has 162 valence electrons. The number of carbonyl (C=O) groups is 1. The zero-order valence-corrected chi connectivity index (χ0v) is 18.1. The molecule has 0 spiro atoms. The van der Waals surface area contributed by atoms with Gasteiger partial charge in [0.15, 0.2) is 0 Å². The predicted octanol–water partition coefficient (Wildman–Crippen LogP) is 4.24. The van der Waals surface area contributed by atoms with Gasteiger partial charge in [-0.1, -0.05) is 38.1 Å². The van der Waals surface area contributed by atoms with Crippen LogP contribution in [0.4, 0.5) is 4.79 Å². The number of benzene rings is 1. The van der Waals surface area contributed by atoms with E-state index in [0.717, 1.165) is 42.8 Å². The highest BCUT2D eigenvalue weighted by atomic mass is 16.4. The number of hydrogen-bond acceptors (Lipinski definition) is 4. The second kappa shape index (κ2) is 7.96. The summed E-state index contributed by atoms with van der Waals surface area (Å²) >= 11 is 0. The summed E-state index contributed by atoms with van der Waals surface area (Å²) in [6.07, 6.45) is 6.05.